The zero-order valence-corrected chi connectivity index (χ0v) is 20.1. The number of rotatable bonds is 9. The third-order valence-electron chi connectivity index (χ3n) is 4.97. The zero-order chi connectivity index (χ0) is 23.1. The number of anilines is 1. The van der Waals surface area contributed by atoms with Crippen molar-refractivity contribution >= 4 is 44.8 Å². The molecule has 32 heavy (non-hydrogen) atoms. The second-order valence-corrected chi connectivity index (χ2v) is 10.1. The van der Waals surface area contributed by atoms with Gasteiger partial charge in [0.1, 0.15) is 0 Å². The normalized spacial score (nSPS) is 14.8. The van der Waals surface area contributed by atoms with E-state index < -0.39 is 15.9 Å². The molecule has 0 radical (unpaired) electrons. The molecule has 1 fully saturated rings. The monoisotopic (exact) mass is 500 g/mol. The van der Waals surface area contributed by atoms with E-state index in [1.807, 2.05) is 0 Å². The molecule has 174 valence electrons. The first-order valence-corrected chi connectivity index (χ1v) is 12.6. The van der Waals surface area contributed by atoms with Gasteiger partial charge in [-0.3, -0.25) is 4.79 Å². The molecule has 1 aliphatic heterocycles. The van der Waals surface area contributed by atoms with E-state index in [1.54, 1.807) is 12.1 Å². The fraction of sp³-hybridized carbons (Fsp3) is 0.409. The zero-order valence-electron chi connectivity index (χ0n) is 17.8. The summed E-state index contributed by atoms with van der Waals surface area (Å²) in [4.78, 5) is 12.8. The van der Waals surface area contributed by atoms with Crippen LogP contribution in [0.4, 0.5) is 5.69 Å². The van der Waals surface area contributed by atoms with Crippen molar-refractivity contribution in [2.75, 3.05) is 38.2 Å². The smallest absolute Gasteiger partial charge is 0.255 e. The van der Waals surface area contributed by atoms with Crippen LogP contribution in [-0.2, 0) is 14.8 Å². The van der Waals surface area contributed by atoms with Crippen molar-refractivity contribution in [2.24, 2.45) is 0 Å². The predicted molar refractivity (Wildman–Crippen MR) is 125 cm³/mol. The Balaban J connectivity index is 1.66. The average molecular weight is 501 g/mol. The summed E-state index contributed by atoms with van der Waals surface area (Å²) in [5.74, 6) is -0.0613. The molecular weight excluding hydrogens is 475 g/mol. The Morgan fingerprint density at radius 1 is 1.09 bits per heavy atom. The van der Waals surface area contributed by atoms with Crippen molar-refractivity contribution in [1.29, 1.82) is 0 Å². The minimum absolute atomic E-state index is 0.160. The van der Waals surface area contributed by atoms with Crippen LogP contribution in [0.1, 0.15) is 36.5 Å². The molecular formula is C22H26Cl2N2O5S. The number of nitrogens with zero attached hydrogens (tertiary/aromatic N) is 1. The van der Waals surface area contributed by atoms with Crippen LogP contribution in [0.15, 0.2) is 41.3 Å². The lowest BCUT2D eigenvalue weighted by Gasteiger charge is -2.26. The van der Waals surface area contributed by atoms with Crippen molar-refractivity contribution in [1.82, 2.24) is 4.31 Å². The highest BCUT2D eigenvalue weighted by Crippen LogP contribution is 2.34. The van der Waals surface area contributed by atoms with Crippen molar-refractivity contribution in [3.05, 3.63) is 52.0 Å². The molecule has 2 aromatic carbocycles. The molecule has 0 aliphatic carbocycles. The highest BCUT2D eigenvalue weighted by Gasteiger charge is 2.26. The molecule has 0 unspecified atom stereocenters. The summed E-state index contributed by atoms with van der Waals surface area (Å²) in [5.41, 5.74) is 0.717. The summed E-state index contributed by atoms with van der Waals surface area (Å²) in [7, 11) is -3.60. The van der Waals surface area contributed by atoms with Crippen molar-refractivity contribution in [3.8, 4) is 5.75 Å². The van der Waals surface area contributed by atoms with E-state index in [1.165, 1.54) is 28.6 Å². The molecule has 1 saturated heterocycles. The lowest BCUT2D eigenvalue weighted by Crippen LogP contribution is -2.40. The fourth-order valence-corrected chi connectivity index (χ4v) is 5.21. The first-order valence-electron chi connectivity index (χ1n) is 10.4. The molecule has 7 nitrogen and oxygen atoms in total. The molecule has 1 aliphatic rings. The van der Waals surface area contributed by atoms with E-state index >= 15 is 0 Å². The van der Waals surface area contributed by atoms with Gasteiger partial charge in [-0.1, -0.05) is 43.0 Å². The van der Waals surface area contributed by atoms with E-state index in [4.69, 9.17) is 32.7 Å². The second kappa shape index (κ2) is 11.3. The maximum Gasteiger partial charge on any atom is 0.255 e. The Bertz CT molecular complexity index is 1020. The van der Waals surface area contributed by atoms with Gasteiger partial charge in [0.2, 0.25) is 10.0 Å². The number of sulfonamides is 1. The van der Waals surface area contributed by atoms with E-state index in [2.05, 4.69) is 12.2 Å². The standard InChI is InChI=1S/C22H26Cl2N2O5S/c1-2-3-4-11-31-21-19(23)14-16(15-20(21)24)22(27)25-17-5-7-18(8-6-17)32(28,29)26-9-12-30-13-10-26/h5-8,14-15H,2-4,9-13H2,1H3,(H,25,27). The number of hydrogen-bond acceptors (Lipinski definition) is 5. The number of ether oxygens (including phenoxy) is 2. The van der Waals surface area contributed by atoms with Crippen molar-refractivity contribution < 1.29 is 22.7 Å². The summed E-state index contributed by atoms with van der Waals surface area (Å²) in [6, 6.07) is 9.00. The van der Waals surface area contributed by atoms with Crippen molar-refractivity contribution in [3.63, 3.8) is 0 Å². The third-order valence-corrected chi connectivity index (χ3v) is 7.45. The first kappa shape index (κ1) is 24.8. The average Bonchev–Trinajstić information content (AvgIpc) is 2.79. The van der Waals surface area contributed by atoms with E-state index in [-0.39, 0.29) is 20.5 Å². The summed E-state index contributed by atoms with van der Waals surface area (Å²) < 4.78 is 37.7. The molecule has 2 aromatic rings. The van der Waals surface area contributed by atoms with Gasteiger partial charge < -0.3 is 14.8 Å². The van der Waals surface area contributed by atoms with Crippen LogP contribution in [-0.4, -0.2) is 51.5 Å². The number of carbonyl (C=O) groups excluding carboxylic acids is 1. The Labute approximate surface area is 198 Å². The van der Waals surface area contributed by atoms with Crippen LogP contribution in [0.5, 0.6) is 5.75 Å². The number of benzene rings is 2. The van der Waals surface area contributed by atoms with Crippen LogP contribution in [0, 0.1) is 0 Å². The Morgan fingerprint density at radius 2 is 1.72 bits per heavy atom. The number of morpholine rings is 1. The van der Waals surface area contributed by atoms with Gasteiger partial charge in [-0.2, -0.15) is 4.31 Å². The SMILES string of the molecule is CCCCCOc1c(Cl)cc(C(=O)Nc2ccc(S(=O)(=O)N3CCOCC3)cc2)cc1Cl. The summed E-state index contributed by atoms with van der Waals surface area (Å²) in [6.45, 7) is 3.99. The Kier molecular flexibility index (Phi) is 8.79. The summed E-state index contributed by atoms with van der Waals surface area (Å²) in [6.07, 6.45) is 3.01. The number of carbonyl (C=O) groups is 1. The third kappa shape index (κ3) is 6.14. The number of unbranched alkanes of at least 4 members (excludes halogenated alkanes) is 2. The molecule has 0 spiro atoms. The maximum atomic E-state index is 12.7. The van der Waals surface area contributed by atoms with Gasteiger partial charge in [0, 0.05) is 24.3 Å². The van der Waals surface area contributed by atoms with Crippen molar-refractivity contribution in [2.45, 2.75) is 31.1 Å². The fourth-order valence-electron chi connectivity index (χ4n) is 3.20. The van der Waals surface area contributed by atoms with Crippen LogP contribution in [0.25, 0.3) is 0 Å². The molecule has 0 saturated carbocycles. The van der Waals surface area contributed by atoms with Gasteiger partial charge >= 0.3 is 0 Å². The lowest BCUT2D eigenvalue weighted by atomic mass is 10.2. The van der Waals surface area contributed by atoms with Gasteiger partial charge in [-0.25, -0.2) is 8.42 Å². The predicted octanol–water partition coefficient (Wildman–Crippen LogP) is 4.84. The highest BCUT2D eigenvalue weighted by atomic mass is 35.5. The molecule has 0 bridgehead atoms. The number of hydrogen-bond donors (Lipinski definition) is 1. The summed E-state index contributed by atoms with van der Waals surface area (Å²) >= 11 is 12.5. The van der Waals surface area contributed by atoms with Crippen LogP contribution >= 0.6 is 23.2 Å². The molecule has 1 heterocycles. The quantitative estimate of drug-likeness (QED) is 0.498. The number of nitrogens with one attached hydrogen (secondary N) is 1. The molecule has 0 aromatic heterocycles. The molecule has 0 atom stereocenters. The largest absolute Gasteiger partial charge is 0.490 e. The van der Waals surface area contributed by atoms with Gasteiger partial charge in [-0.05, 0) is 42.8 Å². The molecule has 1 amide bonds. The topological polar surface area (TPSA) is 84.9 Å². The van der Waals surface area contributed by atoms with Crippen LogP contribution in [0.2, 0.25) is 10.0 Å². The minimum Gasteiger partial charge on any atom is -0.490 e. The Hall–Kier alpha value is -1.84. The molecule has 1 N–H and O–H groups in total. The number of halogens is 2. The molecule has 3 rings (SSSR count). The van der Waals surface area contributed by atoms with Gasteiger partial charge in [0.15, 0.2) is 5.75 Å². The molecule has 10 heteroatoms. The van der Waals surface area contributed by atoms with Crippen LogP contribution in [0.3, 0.4) is 0 Å². The Morgan fingerprint density at radius 3 is 2.31 bits per heavy atom. The summed E-state index contributed by atoms with van der Waals surface area (Å²) in [5, 5.41) is 3.24. The lowest BCUT2D eigenvalue weighted by molar-refractivity contribution is 0.0730. The van der Waals surface area contributed by atoms with Gasteiger partial charge in [0.05, 0.1) is 34.8 Å². The van der Waals surface area contributed by atoms with E-state index in [0.717, 1.165) is 19.3 Å². The van der Waals surface area contributed by atoms with Gasteiger partial charge in [-0.15, -0.1) is 0 Å². The van der Waals surface area contributed by atoms with Gasteiger partial charge in [0.25, 0.3) is 5.91 Å². The van der Waals surface area contributed by atoms with E-state index in [9.17, 15) is 13.2 Å². The first-order chi connectivity index (χ1) is 15.3. The van der Waals surface area contributed by atoms with Crippen LogP contribution < -0.4 is 10.1 Å². The maximum absolute atomic E-state index is 12.7. The highest BCUT2D eigenvalue weighted by molar-refractivity contribution is 7.89. The van der Waals surface area contributed by atoms with E-state index in [0.29, 0.717) is 44.3 Å². The second-order valence-electron chi connectivity index (χ2n) is 7.32. The number of amides is 1. The minimum atomic E-state index is -3.60.